The molecule has 2 unspecified atom stereocenters. The van der Waals surface area contributed by atoms with Gasteiger partial charge in [-0.2, -0.15) is 5.10 Å². The van der Waals surface area contributed by atoms with Gasteiger partial charge in [-0.3, -0.25) is 4.68 Å². The average molecular weight is 239 g/mol. The zero-order chi connectivity index (χ0) is 13.0. The van der Waals surface area contributed by atoms with E-state index in [-0.39, 0.29) is 0 Å². The van der Waals surface area contributed by atoms with Crippen molar-refractivity contribution in [2.45, 2.75) is 46.2 Å². The molecule has 1 N–H and O–H groups in total. The Kier molecular flexibility index (Phi) is 5.15. The highest BCUT2D eigenvalue weighted by atomic mass is 16.5. The van der Waals surface area contributed by atoms with E-state index in [2.05, 4.69) is 42.8 Å². The fourth-order valence-electron chi connectivity index (χ4n) is 2.29. The maximum Gasteiger partial charge on any atom is 0.0644 e. The Morgan fingerprint density at radius 1 is 1.35 bits per heavy atom. The fraction of sp³-hybridized carbons (Fsp3) is 0.769. The molecule has 0 bridgehead atoms. The molecule has 0 fully saturated rings. The quantitative estimate of drug-likeness (QED) is 0.828. The second kappa shape index (κ2) is 6.17. The van der Waals surface area contributed by atoms with Gasteiger partial charge < -0.3 is 10.1 Å². The molecule has 4 nitrogen and oxygen atoms in total. The first-order valence-electron chi connectivity index (χ1n) is 6.24. The summed E-state index contributed by atoms with van der Waals surface area (Å²) in [7, 11) is 3.72. The third-order valence-corrected chi connectivity index (χ3v) is 3.40. The molecular weight excluding hydrogens is 214 g/mol. The topological polar surface area (TPSA) is 39.1 Å². The van der Waals surface area contributed by atoms with Crippen molar-refractivity contribution in [3.63, 3.8) is 0 Å². The lowest BCUT2D eigenvalue weighted by atomic mass is 10.1. The van der Waals surface area contributed by atoms with Gasteiger partial charge in [0.15, 0.2) is 0 Å². The molecule has 0 aliphatic heterocycles. The maximum absolute atomic E-state index is 5.13. The Bertz CT molecular complexity index is 360. The molecule has 0 aromatic carbocycles. The molecule has 17 heavy (non-hydrogen) atoms. The molecule has 4 heteroatoms. The van der Waals surface area contributed by atoms with Crippen LogP contribution in [0.1, 0.15) is 49.3 Å². The van der Waals surface area contributed by atoms with Crippen LogP contribution in [-0.2, 0) is 4.74 Å². The predicted molar refractivity (Wildman–Crippen MR) is 70.4 cm³/mol. The van der Waals surface area contributed by atoms with Gasteiger partial charge in [-0.25, -0.2) is 0 Å². The van der Waals surface area contributed by atoms with Gasteiger partial charge in [0, 0.05) is 31.0 Å². The van der Waals surface area contributed by atoms with E-state index >= 15 is 0 Å². The zero-order valence-corrected chi connectivity index (χ0v) is 11.9. The lowest BCUT2D eigenvalue weighted by molar-refractivity contribution is 0.178. The molecule has 0 saturated heterocycles. The summed E-state index contributed by atoms with van der Waals surface area (Å²) < 4.78 is 7.25. The van der Waals surface area contributed by atoms with Crippen molar-refractivity contribution in [3.05, 3.63) is 17.0 Å². The van der Waals surface area contributed by atoms with Crippen LogP contribution in [-0.4, -0.2) is 30.5 Å². The summed E-state index contributed by atoms with van der Waals surface area (Å²) in [4.78, 5) is 0. The zero-order valence-electron chi connectivity index (χ0n) is 11.9. The van der Waals surface area contributed by atoms with Gasteiger partial charge in [0.05, 0.1) is 11.7 Å². The molecular formula is C13H25N3O. The Hall–Kier alpha value is -0.870. The smallest absolute Gasteiger partial charge is 0.0644 e. The highest BCUT2D eigenvalue weighted by Gasteiger charge is 2.18. The number of aryl methyl sites for hydroxylation is 1. The van der Waals surface area contributed by atoms with Crippen LogP contribution in [0.3, 0.4) is 0 Å². The number of nitrogens with one attached hydrogen (secondary N) is 1. The van der Waals surface area contributed by atoms with E-state index in [9.17, 15) is 0 Å². The number of aromatic nitrogens is 2. The van der Waals surface area contributed by atoms with Crippen LogP contribution >= 0.6 is 0 Å². The van der Waals surface area contributed by atoms with Crippen LogP contribution in [0.4, 0.5) is 0 Å². The van der Waals surface area contributed by atoms with Gasteiger partial charge in [0.25, 0.3) is 0 Å². The number of hydrogen-bond acceptors (Lipinski definition) is 3. The van der Waals surface area contributed by atoms with Crippen LogP contribution in [0.15, 0.2) is 0 Å². The number of methoxy groups -OCH3 is 1. The van der Waals surface area contributed by atoms with E-state index in [4.69, 9.17) is 4.74 Å². The molecule has 1 aromatic rings. The summed E-state index contributed by atoms with van der Waals surface area (Å²) in [5.41, 5.74) is 3.69. The molecule has 2 atom stereocenters. The first kappa shape index (κ1) is 14.2. The molecule has 1 rings (SSSR count). The average Bonchev–Trinajstić information content (AvgIpc) is 2.61. The molecule has 0 radical (unpaired) electrons. The lowest BCUT2D eigenvalue weighted by Gasteiger charge is -2.15. The van der Waals surface area contributed by atoms with Crippen molar-refractivity contribution in [2.24, 2.45) is 0 Å². The number of ether oxygens (including phenoxy) is 1. The Balaban J connectivity index is 2.95. The Morgan fingerprint density at radius 2 is 2.00 bits per heavy atom. The molecule has 0 saturated carbocycles. The van der Waals surface area contributed by atoms with Gasteiger partial charge in [-0.1, -0.05) is 0 Å². The van der Waals surface area contributed by atoms with E-state index in [1.165, 1.54) is 11.3 Å². The van der Waals surface area contributed by atoms with Crippen molar-refractivity contribution >= 4 is 0 Å². The molecule has 0 aliphatic carbocycles. The minimum Gasteiger partial charge on any atom is -0.385 e. The van der Waals surface area contributed by atoms with Crippen molar-refractivity contribution < 1.29 is 4.74 Å². The van der Waals surface area contributed by atoms with Crippen LogP contribution in [0.2, 0.25) is 0 Å². The van der Waals surface area contributed by atoms with Crippen LogP contribution in [0.25, 0.3) is 0 Å². The SMILES string of the molecule is CNC(C)c1c(C)nn(C(C)CCOC)c1C. The summed E-state index contributed by atoms with van der Waals surface area (Å²) in [6.07, 6.45) is 0.992. The lowest BCUT2D eigenvalue weighted by Crippen LogP contribution is -2.15. The first-order valence-corrected chi connectivity index (χ1v) is 6.24. The van der Waals surface area contributed by atoms with Crippen molar-refractivity contribution in [3.8, 4) is 0 Å². The minimum atomic E-state index is 0.346. The number of nitrogens with zero attached hydrogens (tertiary/aromatic N) is 2. The molecule has 0 amide bonds. The van der Waals surface area contributed by atoms with E-state index in [1.54, 1.807) is 7.11 Å². The summed E-state index contributed by atoms with van der Waals surface area (Å²) in [6, 6.07) is 0.727. The predicted octanol–water partition coefficient (Wildman–Crippen LogP) is 2.38. The third-order valence-electron chi connectivity index (χ3n) is 3.40. The van der Waals surface area contributed by atoms with Gasteiger partial charge in [0.1, 0.15) is 0 Å². The molecule has 0 aliphatic rings. The van der Waals surface area contributed by atoms with Crippen molar-refractivity contribution in [1.29, 1.82) is 0 Å². The summed E-state index contributed by atoms with van der Waals surface area (Å²) >= 11 is 0. The summed E-state index contributed by atoms with van der Waals surface area (Å²) in [6.45, 7) is 9.35. The first-order chi connectivity index (χ1) is 8.02. The summed E-state index contributed by atoms with van der Waals surface area (Å²) in [5, 5.41) is 7.93. The van der Waals surface area contributed by atoms with Crippen LogP contribution in [0.5, 0.6) is 0 Å². The Morgan fingerprint density at radius 3 is 2.53 bits per heavy atom. The molecule has 98 valence electrons. The second-order valence-electron chi connectivity index (χ2n) is 4.67. The molecule has 0 spiro atoms. The standard InChI is InChI=1S/C13H25N3O/c1-9(7-8-17-6)16-12(4)13(10(2)14-5)11(3)15-16/h9-10,14H,7-8H2,1-6H3. The normalized spacial score (nSPS) is 14.9. The van der Waals surface area contributed by atoms with Gasteiger partial charge in [-0.05, 0) is 41.2 Å². The van der Waals surface area contributed by atoms with E-state index in [0.717, 1.165) is 18.7 Å². The van der Waals surface area contributed by atoms with Crippen LogP contribution in [0, 0.1) is 13.8 Å². The van der Waals surface area contributed by atoms with E-state index in [0.29, 0.717) is 12.1 Å². The molecule has 1 heterocycles. The minimum absolute atomic E-state index is 0.346. The molecule has 1 aromatic heterocycles. The largest absolute Gasteiger partial charge is 0.385 e. The summed E-state index contributed by atoms with van der Waals surface area (Å²) in [5.74, 6) is 0. The second-order valence-corrected chi connectivity index (χ2v) is 4.67. The van der Waals surface area contributed by atoms with E-state index in [1.807, 2.05) is 7.05 Å². The fourth-order valence-corrected chi connectivity index (χ4v) is 2.29. The van der Waals surface area contributed by atoms with E-state index < -0.39 is 0 Å². The number of hydrogen-bond donors (Lipinski definition) is 1. The van der Waals surface area contributed by atoms with Gasteiger partial charge >= 0.3 is 0 Å². The number of rotatable bonds is 6. The van der Waals surface area contributed by atoms with Crippen molar-refractivity contribution in [1.82, 2.24) is 15.1 Å². The highest BCUT2D eigenvalue weighted by molar-refractivity contribution is 5.28. The maximum atomic E-state index is 5.13. The van der Waals surface area contributed by atoms with Crippen molar-refractivity contribution in [2.75, 3.05) is 20.8 Å². The third kappa shape index (κ3) is 3.07. The monoisotopic (exact) mass is 239 g/mol. The van der Waals surface area contributed by atoms with Crippen LogP contribution < -0.4 is 5.32 Å². The van der Waals surface area contributed by atoms with Gasteiger partial charge in [0.2, 0.25) is 0 Å². The van der Waals surface area contributed by atoms with Gasteiger partial charge in [-0.15, -0.1) is 0 Å². The Labute approximate surface area is 104 Å². The highest BCUT2D eigenvalue weighted by Crippen LogP contribution is 2.24.